The molecule has 0 aliphatic rings. The number of carbonyl (C=O) groups is 2. The van der Waals surface area contributed by atoms with E-state index in [9.17, 15) is 9.59 Å². The molecular formula is C18H24N2O3. The van der Waals surface area contributed by atoms with Crippen LogP contribution in [0.3, 0.4) is 0 Å². The molecule has 5 heteroatoms. The molecule has 5 nitrogen and oxygen atoms in total. The van der Waals surface area contributed by atoms with Crippen LogP contribution in [0.5, 0.6) is 0 Å². The number of benzene rings is 1. The highest BCUT2D eigenvalue weighted by Gasteiger charge is 2.06. The van der Waals surface area contributed by atoms with Crippen molar-refractivity contribution in [1.82, 2.24) is 10.3 Å². The average molecular weight is 316 g/mol. The van der Waals surface area contributed by atoms with Gasteiger partial charge in [0.25, 0.3) is 0 Å². The Kier molecular flexibility index (Phi) is 6.66. The molecule has 23 heavy (non-hydrogen) atoms. The van der Waals surface area contributed by atoms with Crippen LogP contribution in [-0.2, 0) is 20.7 Å². The van der Waals surface area contributed by atoms with Gasteiger partial charge in [0, 0.05) is 36.5 Å². The number of aromatic nitrogens is 1. The number of esters is 1. The summed E-state index contributed by atoms with van der Waals surface area (Å²) < 4.78 is 4.58. The fourth-order valence-electron chi connectivity index (χ4n) is 2.58. The van der Waals surface area contributed by atoms with E-state index in [1.807, 2.05) is 24.4 Å². The summed E-state index contributed by atoms with van der Waals surface area (Å²) >= 11 is 0. The van der Waals surface area contributed by atoms with Gasteiger partial charge in [-0.05, 0) is 30.9 Å². The highest BCUT2D eigenvalue weighted by molar-refractivity contribution is 5.84. The zero-order valence-corrected chi connectivity index (χ0v) is 13.6. The topological polar surface area (TPSA) is 71.2 Å². The van der Waals surface area contributed by atoms with Crippen molar-refractivity contribution in [3.05, 3.63) is 36.0 Å². The number of hydrogen-bond acceptors (Lipinski definition) is 3. The molecule has 0 radical (unpaired) electrons. The lowest BCUT2D eigenvalue weighted by atomic mass is 10.1. The average Bonchev–Trinajstić information content (AvgIpc) is 2.99. The zero-order valence-electron chi connectivity index (χ0n) is 13.6. The number of rotatable bonds is 9. The fraction of sp³-hybridized carbons (Fsp3) is 0.444. The number of para-hydroxylation sites is 1. The van der Waals surface area contributed by atoms with E-state index in [2.05, 4.69) is 21.1 Å². The highest BCUT2D eigenvalue weighted by atomic mass is 16.5. The van der Waals surface area contributed by atoms with Gasteiger partial charge in [-0.3, -0.25) is 9.59 Å². The number of ether oxygens (including phenoxy) is 1. The molecule has 2 N–H and O–H groups in total. The molecule has 0 atom stereocenters. The van der Waals surface area contributed by atoms with Crippen LogP contribution in [0.2, 0.25) is 0 Å². The maximum atomic E-state index is 11.9. The van der Waals surface area contributed by atoms with E-state index in [1.54, 1.807) is 0 Å². The third kappa shape index (κ3) is 5.43. The Morgan fingerprint density at radius 1 is 1.13 bits per heavy atom. The molecule has 0 bridgehead atoms. The van der Waals surface area contributed by atoms with E-state index in [1.165, 1.54) is 18.1 Å². The van der Waals surface area contributed by atoms with Crippen molar-refractivity contribution in [3.63, 3.8) is 0 Å². The molecule has 1 heterocycles. The number of H-pyrrole nitrogens is 1. The molecule has 0 saturated carbocycles. The predicted octanol–water partition coefficient (Wildman–Crippen LogP) is 2.95. The van der Waals surface area contributed by atoms with Crippen LogP contribution in [0.15, 0.2) is 30.5 Å². The van der Waals surface area contributed by atoms with Gasteiger partial charge in [-0.2, -0.15) is 0 Å². The summed E-state index contributed by atoms with van der Waals surface area (Å²) in [6.45, 7) is 0.661. The quantitative estimate of drug-likeness (QED) is 0.552. The van der Waals surface area contributed by atoms with E-state index in [0.717, 1.165) is 31.2 Å². The maximum Gasteiger partial charge on any atom is 0.305 e. The predicted molar refractivity (Wildman–Crippen MR) is 90.1 cm³/mol. The summed E-state index contributed by atoms with van der Waals surface area (Å²) in [5, 5.41) is 4.11. The molecule has 0 fully saturated rings. The Morgan fingerprint density at radius 2 is 1.96 bits per heavy atom. The van der Waals surface area contributed by atoms with Crippen molar-refractivity contribution < 1.29 is 14.3 Å². The number of unbranched alkanes of at least 4 members (excludes halogenated alkanes) is 2. The van der Waals surface area contributed by atoms with Crippen molar-refractivity contribution in [3.8, 4) is 0 Å². The highest BCUT2D eigenvalue weighted by Crippen LogP contribution is 2.18. The van der Waals surface area contributed by atoms with E-state index in [-0.39, 0.29) is 11.9 Å². The second-order valence-electron chi connectivity index (χ2n) is 5.60. The Morgan fingerprint density at radius 3 is 2.78 bits per heavy atom. The summed E-state index contributed by atoms with van der Waals surface area (Å²) in [7, 11) is 1.40. The lowest BCUT2D eigenvalue weighted by molar-refractivity contribution is -0.140. The first-order chi connectivity index (χ1) is 11.2. The molecule has 0 aliphatic carbocycles. The lowest BCUT2D eigenvalue weighted by Gasteiger charge is -2.05. The minimum Gasteiger partial charge on any atom is -0.469 e. The molecule has 1 aromatic carbocycles. The van der Waals surface area contributed by atoms with Crippen LogP contribution >= 0.6 is 0 Å². The first kappa shape index (κ1) is 17.1. The molecule has 0 spiro atoms. The van der Waals surface area contributed by atoms with Crippen LogP contribution in [0, 0.1) is 0 Å². The van der Waals surface area contributed by atoms with Crippen molar-refractivity contribution in [2.45, 2.75) is 38.5 Å². The largest absolute Gasteiger partial charge is 0.469 e. The van der Waals surface area contributed by atoms with Crippen LogP contribution in [0.25, 0.3) is 10.9 Å². The van der Waals surface area contributed by atoms with Gasteiger partial charge in [-0.1, -0.05) is 24.6 Å². The summed E-state index contributed by atoms with van der Waals surface area (Å²) in [4.78, 5) is 26.0. The smallest absolute Gasteiger partial charge is 0.305 e. The minimum absolute atomic E-state index is 0.0725. The van der Waals surface area contributed by atoms with Crippen LogP contribution < -0.4 is 5.32 Å². The number of amides is 1. The minimum atomic E-state index is -0.173. The maximum absolute atomic E-state index is 11.9. The summed E-state index contributed by atoms with van der Waals surface area (Å²) in [5.74, 6) is -0.101. The summed E-state index contributed by atoms with van der Waals surface area (Å²) in [5.41, 5.74) is 2.28. The number of nitrogens with one attached hydrogen (secondary N) is 2. The summed E-state index contributed by atoms with van der Waals surface area (Å²) in [6, 6.07) is 8.11. The third-order valence-electron chi connectivity index (χ3n) is 3.90. The number of fused-ring (bicyclic) bond motifs is 1. The number of aryl methyl sites for hydroxylation is 1. The van der Waals surface area contributed by atoms with Gasteiger partial charge >= 0.3 is 5.97 Å². The summed E-state index contributed by atoms with van der Waals surface area (Å²) in [6.07, 6.45) is 6.25. The SMILES string of the molecule is COC(=O)CCCCCNC(=O)CCc1c[nH]c2ccccc12. The van der Waals surface area contributed by atoms with Gasteiger partial charge in [0.05, 0.1) is 7.11 Å². The third-order valence-corrected chi connectivity index (χ3v) is 3.90. The van der Waals surface area contributed by atoms with Gasteiger partial charge < -0.3 is 15.0 Å². The molecule has 0 unspecified atom stereocenters. The Balaban J connectivity index is 1.61. The molecule has 0 aliphatic heterocycles. The molecule has 2 rings (SSSR count). The number of hydrogen-bond donors (Lipinski definition) is 2. The Bertz CT molecular complexity index is 649. The van der Waals surface area contributed by atoms with E-state index in [4.69, 9.17) is 0 Å². The first-order valence-electron chi connectivity index (χ1n) is 8.09. The number of aromatic amines is 1. The molecule has 2 aromatic rings. The molecule has 124 valence electrons. The Labute approximate surface area is 136 Å². The van der Waals surface area contributed by atoms with Gasteiger partial charge in [0.15, 0.2) is 0 Å². The normalized spacial score (nSPS) is 10.7. The molecule has 1 amide bonds. The van der Waals surface area contributed by atoms with Gasteiger partial charge in [0.1, 0.15) is 0 Å². The molecular weight excluding hydrogens is 292 g/mol. The van der Waals surface area contributed by atoms with E-state index >= 15 is 0 Å². The Hall–Kier alpha value is -2.30. The lowest BCUT2D eigenvalue weighted by Crippen LogP contribution is -2.24. The van der Waals surface area contributed by atoms with Gasteiger partial charge in [-0.15, -0.1) is 0 Å². The van der Waals surface area contributed by atoms with E-state index in [0.29, 0.717) is 19.4 Å². The van der Waals surface area contributed by atoms with Crippen LogP contribution in [0.4, 0.5) is 0 Å². The van der Waals surface area contributed by atoms with Gasteiger partial charge in [-0.25, -0.2) is 0 Å². The van der Waals surface area contributed by atoms with Crippen molar-refractivity contribution in [2.24, 2.45) is 0 Å². The molecule has 1 aromatic heterocycles. The van der Waals surface area contributed by atoms with Crippen molar-refractivity contribution in [1.29, 1.82) is 0 Å². The van der Waals surface area contributed by atoms with Crippen molar-refractivity contribution in [2.75, 3.05) is 13.7 Å². The van der Waals surface area contributed by atoms with Gasteiger partial charge in [0.2, 0.25) is 5.91 Å². The monoisotopic (exact) mass is 316 g/mol. The van der Waals surface area contributed by atoms with E-state index < -0.39 is 0 Å². The van der Waals surface area contributed by atoms with Crippen LogP contribution in [-0.4, -0.2) is 30.5 Å². The van der Waals surface area contributed by atoms with Crippen LogP contribution in [0.1, 0.15) is 37.7 Å². The second kappa shape index (κ2) is 8.98. The standard InChI is InChI=1S/C18H24N2O3/c1-23-18(22)9-3-2-6-12-19-17(21)11-10-14-13-20-16-8-5-4-7-15(14)16/h4-5,7-8,13,20H,2-3,6,9-12H2,1H3,(H,19,21). The fourth-order valence-corrected chi connectivity index (χ4v) is 2.58. The molecule has 0 saturated heterocycles. The van der Waals surface area contributed by atoms with Crippen molar-refractivity contribution >= 4 is 22.8 Å². The number of methoxy groups -OCH3 is 1. The zero-order chi connectivity index (χ0) is 16.5. The second-order valence-corrected chi connectivity index (χ2v) is 5.60. The first-order valence-corrected chi connectivity index (χ1v) is 8.09. The number of carbonyl (C=O) groups excluding carboxylic acids is 2.